The number of pyridine rings is 1. The normalized spacial score (nSPS) is 24.7. The lowest BCUT2D eigenvalue weighted by molar-refractivity contribution is -0.136. The van der Waals surface area contributed by atoms with Gasteiger partial charge in [0.25, 0.3) is 5.91 Å². The summed E-state index contributed by atoms with van der Waals surface area (Å²) >= 11 is 0. The third kappa shape index (κ3) is 2.76. The molecule has 3 atom stereocenters. The van der Waals surface area contributed by atoms with Crippen LogP contribution in [0.15, 0.2) is 30.6 Å². The van der Waals surface area contributed by atoms with Crippen molar-refractivity contribution >= 4 is 22.6 Å². The van der Waals surface area contributed by atoms with E-state index < -0.39 is 6.61 Å². The highest BCUT2D eigenvalue weighted by Crippen LogP contribution is 2.38. The van der Waals surface area contributed by atoms with Crippen LogP contribution in [0.3, 0.4) is 0 Å². The molecule has 2 amide bonds. The molecule has 1 aromatic heterocycles. The molecule has 2 bridgehead atoms. The van der Waals surface area contributed by atoms with Crippen molar-refractivity contribution in [1.29, 1.82) is 0 Å². The second-order valence-corrected chi connectivity index (χ2v) is 7.10. The van der Waals surface area contributed by atoms with Crippen LogP contribution < -0.4 is 5.32 Å². The first-order valence-electron chi connectivity index (χ1n) is 8.62. The summed E-state index contributed by atoms with van der Waals surface area (Å²) in [6, 6.07) is 5.74. The average molecular weight is 339 g/mol. The summed E-state index contributed by atoms with van der Waals surface area (Å²) in [5, 5.41) is 14.1. The molecule has 2 heterocycles. The molecule has 0 radical (unpaired) electrons. The summed E-state index contributed by atoms with van der Waals surface area (Å²) in [6.07, 6.45) is 5.21. The van der Waals surface area contributed by atoms with E-state index >= 15 is 0 Å². The number of amides is 2. The number of benzene rings is 1. The van der Waals surface area contributed by atoms with Gasteiger partial charge in [-0.3, -0.25) is 14.6 Å². The van der Waals surface area contributed by atoms with Crippen LogP contribution in [-0.4, -0.2) is 52.0 Å². The Morgan fingerprint density at radius 1 is 1.36 bits per heavy atom. The Morgan fingerprint density at radius 3 is 2.96 bits per heavy atom. The molecular weight excluding hydrogens is 318 g/mol. The maximum atomic E-state index is 12.9. The zero-order chi connectivity index (χ0) is 17.6. The number of rotatable bonds is 3. The van der Waals surface area contributed by atoms with Gasteiger partial charge in [-0.2, -0.15) is 0 Å². The number of aromatic nitrogens is 1. The molecule has 1 saturated carbocycles. The number of carbonyl (C=O) groups is 2. The Balaban J connectivity index is 1.58. The van der Waals surface area contributed by atoms with E-state index in [0.717, 1.165) is 29.2 Å². The summed E-state index contributed by atoms with van der Waals surface area (Å²) < 4.78 is 0. The van der Waals surface area contributed by atoms with Gasteiger partial charge in [0, 0.05) is 35.9 Å². The number of carbonyl (C=O) groups excluding carboxylic acids is 2. The molecular formula is C19H21N3O3. The first kappa shape index (κ1) is 16.0. The molecule has 6 heteroatoms. The number of aryl methyl sites for hydroxylation is 1. The molecule has 6 nitrogen and oxygen atoms in total. The van der Waals surface area contributed by atoms with Crippen molar-refractivity contribution in [3.8, 4) is 0 Å². The van der Waals surface area contributed by atoms with Crippen LogP contribution in [0.2, 0.25) is 0 Å². The lowest BCUT2D eigenvalue weighted by Gasteiger charge is -2.33. The lowest BCUT2D eigenvalue weighted by Crippen LogP contribution is -2.52. The van der Waals surface area contributed by atoms with Crippen molar-refractivity contribution < 1.29 is 14.7 Å². The van der Waals surface area contributed by atoms with Gasteiger partial charge in [-0.15, -0.1) is 0 Å². The zero-order valence-corrected chi connectivity index (χ0v) is 14.1. The Morgan fingerprint density at radius 2 is 2.20 bits per heavy atom. The molecule has 25 heavy (non-hydrogen) atoms. The minimum atomic E-state index is -0.474. The lowest BCUT2D eigenvalue weighted by atomic mass is 10.0. The smallest absolute Gasteiger partial charge is 0.252 e. The molecule has 2 N–H and O–H groups in total. The minimum absolute atomic E-state index is 0.0113. The van der Waals surface area contributed by atoms with Gasteiger partial charge in [0.2, 0.25) is 5.91 Å². The molecule has 0 unspecified atom stereocenters. The van der Waals surface area contributed by atoms with E-state index in [4.69, 9.17) is 5.11 Å². The van der Waals surface area contributed by atoms with Crippen LogP contribution in [0.1, 0.15) is 28.8 Å². The standard InChI is InChI=1S/C19H21N3O3/c1-11-4-13-2-3-20-8-15(13)14(5-11)19(25)21-16-6-12-7-17(16)22(9-12)18(24)10-23/h2-5,8,12,16-17,23H,6-7,9-10H2,1H3,(H,21,25)/t12-,16-,17-/m1/s1. The first-order valence-corrected chi connectivity index (χ1v) is 8.62. The van der Waals surface area contributed by atoms with E-state index in [-0.39, 0.29) is 23.9 Å². The van der Waals surface area contributed by atoms with Crippen LogP contribution in [0.4, 0.5) is 0 Å². The number of aliphatic hydroxyl groups excluding tert-OH is 1. The minimum Gasteiger partial charge on any atom is -0.387 e. The second-order valence-electron chi connectivity index (χ2n) is 7.10. The zero-order valence-electron chi connectivity index (χ0n) is 14.1. The third-order valence-electron chi connectivity index (χ3n) is 5.40. The number of hydrogen-bond donors (Lipinski definition) is 2. The van der Waals surface area contributed by atoms with Gasteiger partial charge in [-0.05, 0) is 48.8 Å². The Kier molecular flexibility index (Phi) is 3.92. The predicted octanol–water partition coefficient (Wildman–Crippen LogP) is 1.25. The van der Waals surface area contributed by atoms with Gasteiger partial charge in [0.15, 0.2) is 0 Å². The van der Waals surface area contributed by atoms with Gasteiger partial charge in [0.1, 0.15) is 6.61 Å². The van der Waals surface area contributed by atoms with Crippen molar-refractivity contribution in [2.24, 2.45) is 5.92 Å². The van der Waals surface area contributed by atoms with Crippen LogP contribution in [0.5, 0.6) is 0 Å². The summed E-state index contributed by atoms with van der Waals surface area (Å²) in [4.78, 5) is 30.6. The molecule has 2 aromatic rings. The van der Waals surface area contributed by atoms with Gasteiger partial charge in [-0.1, -0.05) is 6.07 Å². The van der Waals surface area contributed by atoms with Crippen molar-refractivity contribution in [3.05, 3.63) is 41.7 Å². The van der Waals surface area contributed by atoms with E-state index in [1.807, 2.05) is 25.1 Å². The number of fused-ring (bicyclic) bond motifs is 3. The Hall–Kier alpha value is -2.47. The first-order chi connectivity index (χ1) is 12.1. The number of nitrogens with one attached hydrogen (secondary N) is 1. The molecule has 0 spiro atoms. The van der Waals surface area contributed by atoms with Crippen LogP contribution in [0, 0.1) is 12.8 Å². The maximum Gasteiger partial charge on any atom is 0.252 e. The quantitative estimate of drug-likeness (QED) is 0.882. The summed E-state index contributed by atoms with van der Waals surface area (Å²) in [6.45, 7) is 2.18. The summed E-state index contributed by atoms with van der Waals surface area (Å²) in [5.41, 5.74) is 1.64. The highest BCUT2D eigenvalue weighted by Gasteiger charge is 2.47. The summed E-state index contributed by atoms with van der Waals surface area (Å²) in [5.74, 6) is 0.0222. The van der Waals surface area contributed by atoms with Gasteiger partial charge in [-0.25, -0.2) is 0 Å². The summed E-state index contributed by atoms with van der Waals surface area (Å²) in [7, 11) is 0. The Labute approximate surface area is 145 Å². The maximum absolute atomic E-state index is 12.9. The number of piperidine rings is 1. The van der Waals surface area contributed by atoms with Gasteiger partial charge < -0.3 is 15.3 Å². The van der Waals surface area contributed by atoms with Crippen molar-refractivity contribution in [1.82, 2.24) is 15.2 Å². The fourth-order valence-corrected chi connectivity index (χ4v) is 4.34. The molecule has 4 rings (SSSR count). The largest absolute Gasteiger partial charge is 0.387 e. The fraction of sp³-hybridized carbons (Fsp3) is 0.421. The Bertz CT molecular complexity index is 851. The van der Waals surface area contributed by atoms with Crippen molar-refractivity contribution in [2.45, 2.75) is 31.8 Å². The highest BCUT2D eigenvalue weighted by molar-refractivity contribution is 6.07. The molecule has 1 aliphatic heterocycles. The van der Waals surface area contributed by atoms with Crippen LogP contribution >= 0.6 is 0 Å². The van der Waals surface area contributed by atoms with Gasteiger partial charge in [0.05, 0.1) is 6.04 Å². The monoisotopic (exact) mass is 339 g/mol. The molecule has 2 aliphatic rings. The third-order valence-corrected chi connectivity index (χ3v) is 5.40. The SMILES string of the molecule is Cc1cc(C(=O)N[C@@H]2C[C@@H]3C[C@H]2N(C(=O)CO)C3)c2cnccc2c1. The van der Waals surface area contributed by atoms with Crippen molar-refractivity contribution in [3.63, 3.8) is 0 Å². The molecule has 2 fully saturated rings. The molecule has 1 aliphatic carbocycles. The number of hydrogen-bond acceptors (Lipinski definition) is 4. The fourth-order valence-electron chi connectivity index (χ4n) is 4.34. The van der Waals surface area contributed by atoms with E-state index in [1.54, 1.807) is 17.3 Å². The number of aliphatic hydroxyl groups is 1. The van der Waals surface area contributed by atoms with E-state index in [1.165, 1.54) is 0 Å². The predicted molar refractivity (Wildman–Crippen MR) is 93.0 cm³/mol. The topological polar surface area (TPSA) is 82.5 Å². The van der Waals surface area contributed by atoms with E-state index in [2.05, 4.69) is 10.3 Å². The van der Waals surface area contributed by atoms with Gasteiger partial charge >= 0.3 is 0 Å². The van der Waals surface area contributed by atoms with Crippen molar-refractivity contribution in [2.75, 3.05) is 13.2 Å². The highest BCUT2D eigenvalue weighted by atomic mass is 16.3. The molecule has 130 valence electrons. The average Bonchev–Trinajstić information content (AvgIpc) is 3.20. The van der Waals surface area contributed by atoms with Crippen LogP contribution in [-0.2, 0) is 4.79 Å². The second kappa shape index (κ2) is 6.11. The molecule has 1 aromatic carbocycles. The van der Waals surface area contributed by atoms with E-state index in [9.17, 15) is 9.59 Å². The van der Waals surface area contributed by atoms with E-state index in [0.29, 0.717) is 18.0 Å². The molecule has 1 saturated heterocycles. The number of nitrogens with zero attached hydrogens (tertiary/aromatic N) is 2. The number of likely N-dealkylation sites (tertiary alicyclic amines) is 1. The van der Waals surface area contributed by atoms with Crippen LogP contribution in [0.25, 0.3) is 10.8 Å².